The fourth-order valence-electron chi connectivity index (χ4n) is 2.10. The maximum Gasteiger partial charge on any atom is 0.416 e. The Morgan fingerprint density at radius 3 is 2.55 bits per heavy atom. The second-order valence-corrected chi connectivity index (χ2v) is 5.92. The molecule has 0 fully saturated rings. The molecule has 1 nitrogen and oxygen atoms in total. The molecular weight excluding hydrogens is 307 g/mol. The Kier molecular flexibility index (Phi) is 3.98. The Morgan fingerprint density at radius 2 is 1.82 bits per heavy atom. The molecule has 0 saturated heterocycles. The van der Waals surface area contributed by atoms with E-state index in [1.165, 1.54) is 17.4 Å². The van der Waals surface area contributed by atoms with E-state index in [1.54, 1.807) is 0 Å². The number of rotatable bonds is 3. The molecule has 0 N–H and O–H groups in total. The zero-order valence-electron chi connectivity index (χ0n) is 11.5. The zero-order valence-corrected chi connectivity index (χ0v) is 12.3. The first-order chi connectivity index (χ1) is 10.5. The van der Waals surface area contributed by atoms with Crippen LogP contribution < -0.4 is 0 Å². The van der Waals surface area contributed by atoms with E-state index in [0.717, 1.165) is 22.7 Å². The van der Waals surface area contributed by atoms with E-state index in [4.69, 9.17) is 0 Å². The number of fused-ring (bicyclic) bond motifs is 1. The summed E-state index contributed by atoms with van der Waals surface area (Å²) in [5.74, 6) is 0. The molecule has 0 amide bonds. The summed E-state index contributed by atoms with van der Waals surface area (Å²) in [5.41, 5.74) is 1.07. The smallest absolute Gasteiger partial charge is 0.241 e. The van der Waals surface area contributed by atoms with E-state index in [9.17, 15) is 13.2 Å². The van der Waals surface area contributed by atoms with Crippen molar-refractivity contribution in [1.82, 2.24) is 4.98 Å². The third-order valence-electron chi connectivity index (χ3n) is 3.16. The number of benzene rings is 2. The SMILES string of the molecule is FC(F)(F)c1ccc2nc(C/C=C/c3ccccc3)sc2c1. The van der Waals surface area contributed by atoms with Crippen LogP contribution in [0.5, 0.6) is 0 Å². The van der Waals surface area contributed by atoms with Gasteiger partial charge in [-0.3, -0.25) is 0 Å². The van der Waals surface area contributed by atoms with Crippen molar-refractivity contribution in [3.63, 3.8) is 0 Å². The van der Waals surface area contributed by atoms with Crippen LogP contribution in [0.25, 0.3) is 16.3 Å². The Balaban J connectivity index is 1.79. The standard InChI is InChI=1S/C17H12F3NS/c18-17(19,20)13-9-10-14-15(11-13)22-16(21-14)8-4-7-12-5-2-1-3-6-12/h1-7,9-11H,8H2/b7-4+. The molecule has 0 atom stereocenters. The molecule has 0 aliphatic rings. The third-order valence-corrected chi connectivity index (χ3v) is 4.20. The van der Waals surface area contributed by atoms with Gasteiger partial charge >= 0.3 is 6.18 Å². The van der Waals surface area contributed by atoms with E-state index < -0.39 is 11.7 Å². The lowest BCUT2D eigenvalue weighted by atomic mass is 10.2. The molecule has 0 saturated carbocycles. The molecule has 0 spiro atoms. The van der Waals surface area contributed by atoms with Crippen molar-refractivity contribution < 1.29 is 13.2 Å². The van der Waals surface area contributed by atoms with Gasteiger partial charge in [0.15, 0.2) is 0 Å². The molecule has 0 aliphatic carbocycles. The van der Waals surface area contributed by atoms with E-state index in [1.807, 2.05) is 42.5 Å². The first-order valence-electron chi connectivity index (χ1n) is 6.70. The number of aromatic nitrogens is 1. The van der Waals surface area contributed by atoms with Crippen LogP contribution in [0.2, 0.25) is 0 Å². The minimum atomic E-state index is -4.31. The monoisotopic (exact) mass is 319 g/mol. The van der Waals surface area contributed by atoms with E-state index >= 15 is 0 Å². The second-order valence-electron chi connectivity index (χ2n) is 4.81. The quantitative estimate of drug-likeness (QED) is 0.615. The normalized spacial score (nSPS) is 12.3. The van der Waals surface area contributed by atoms with Gasteiger partial charge in [0.05, 0.1) is 20.8 Å². The van der Waals surface area contributed by atoms with Gasteiger partial charge in [-0.25, -0.2) is 4.98 Å². The molecule has 2 aromatic carbocycles. The largest absolute Gasteiger partial charge is 0.416 e. The van der Waals surface area contributed by atoms with Crippen molar-refractivity contribution in [3.05, 3.63) is 70.7 Å². The van der Waals surface area contributed by atoms with E-state index in [-0.39, 0.29) is 0 Å². The zero-order chi connectivity index (χ0) is 15.6. The summed E-state index contributed by atoms with van der Waals surface area (Å²) < 4.78 is 38.6. The molecule has 22 heavy (non-hydrogen) atoms. The molecule has 0 aliphatic heterocycles. The van der Waals surface area contributed by atoms with Gasteiger partial charge in [-0.05, 0) is 23.8 Å². The summed E-state index contributed by atoms with van der Waals surface area (Å²) in [5, 5.41) is 0.807. The number of nitrogens with zero attached hydrogens (tertiary/aromatic N) is 1. The lowest BCUT2D eigenvalue weighted by molar-refractivity contribution is -0.137. The number of allylic oxidation sites excluding steroid dienone is 1. The van der Waals surface area contributed by atoms with Crippen LogP contribution in [0, 0.1) is 0 Å². The summed E-state index contributed by atoms with van der Waals surface area (Å²) in [6.07, 6.45) is 0.242. The Morgan fingerprint density at radius 1 is 1.05 bits per heavy atom. The molecule has 3 rings (SSSR count). The number of hydrogen-bond acceptors (Lipinski definition) is 2. The minimum Gasteiger partial charge on any atom is -0.241 e. The van der Waals surface area contributed by atoms with Crippen molar-refractivity contribution in [2.24, 2.45) is 0 Å². The fourth-order valence-corrected chi connectivity index (χ4v) is 3.08. The predicted molar refractivity (Wildman–Crippen MR) is 83.8 cm³/mol. The van der Waals surface area contributed by atoms with Crippen molar-refractivity contribution in [2.75, 3.05) is 0 Å². The summed E-state index contributed by atoms with van der Waals surface area (Å²) >= 11 is 1.30. The molecule has 1 heterocycles. The van der Waals surface area contributed by atoms with Crippen LogP contribution in [0.4, 0.5) is 13.2 Å². The molecule has 3 aromatic rings. The number of hydrogen-bond donors (Lipinski definition) is 0. The maximum atomic E-state index is 12.7. The van der Waals surface area contributed by atoms with Gasteiger partial charge in [-0.15, -0.1) is 11.3 Å². The molecule has 1 aromatic heterocycles. The van der Waals surface area contributed by atoms with Crippen LogP contribution in [0.3, 0.4) is 0 Å². The highest BCUT2D eigenvalue weighted by atomic mass is 32.1. The van der Waals surface area contributed by atoms with Gasteiger partial charge in [-0.2, -0.15) is 13.2 Å². The van der Waals surface area contributed by atoms with Crippen LogP contribution in [-0.2, 0) is 12.6 Å². The summed E-state index contributed by atoms with van der Waals surface area (Å²) in [7, 11) is 0. The molecule has 0 bridgehead atoms. The summed E-state index contributed by atoms with van der Waals surface area (Å²) in [4.78, 5) is 4.37. The molecular formula is C17H12F3NS. The highest BCUT2D eigenvalue weighted by Crippen LogP contribution is 2.33. The van der Waals surface area contributed by atoms with Crippen LogP contribution in [0.15, 0.2) is 54.6 Å². The van der Waals surface area contributed by atoms with Gasteiger partial charge in [0.25, 0.3) is 0 Å². The Hall–Kier alpha value is -2.14. The van der Waals surface area contributed by atoms with Gasteiger partial charge in [0, 0.05) is 6.42 Å². The number of thiazole rings is 1. The predicted octanol–water partition coefficient (Wildman–Crippen LogP) is 5.57. The topological polar surface area (TPSA) is 12.9 Å². The number of alkyl halides is 3. The first kappa shape index (κ1) is 14.8. The van der Waals surface area contributed by atoms with Crippen molar-refractivity contribution in [3.8, 4) is 0 Å². The van der Waals surface area contributed by atoms with E-state index in [0.29, 0.717) is 16.6 Å². The van der Waals surface area contributed by atoms with Gasteiger partial charge in [0.2, 0.25) is 0 Å². The van der Waals surface area contributed by atoms with Crippen molar-refractivity contribution >= 4 is 27.6 Å². The maximum absolute atomic E-state index is 12.7. The summed E-state index contributed by atoms with van der Waals surface area (Å²) in [6.45, 7) is 0. The van der Waals surface area contributed by atoms with Gasteiger partial charge in [0.1, 0.15) is 0 Å². The van der Waals surface area contributed by atoms with Gasteiger partial charge in [-0.1, -0.05) is 42.5 Å². The lowest BCUT2D eigenvalue weighted by Crippen LogP contribution is -2.03. The Bertz CT molecular complexity index is 804. The van der Waals surface area contributed by atoms with Crippen molar-refractivity contribution in [1.29, 1.82) is 0 Å². The third kappa shape index (κ3) is 3.36. The first-order valence-corrected chi connectivity index (χ1v) is 7.52. The highest BCUT2D eigenvalue weighted by Gasteiger charge is 2.30. The summed E-state index contributed by atoms with van der Waals surface area (Å²) in [6, 6.07) is 13.5. The second kappa shape index (κ2) is 5.93. The minimum absolute atomic E-state index is 0.568. The highest BCUT2D eigenvalue weighted by molar-refractivity contribution is 7.18. The molecule has 5 heteroatoms. The Labute approximate surface area is 129 Å². The molecule has 112 valence electrons. The van der Waals surface area contributed by atoms with Crippen LogP contribution in [-0.4, -0.2) is 4.98 Å². The van der Waals surface area contributed by atoms with Crippen LogP contribution >= 0.6 is 11.3 Å². The lowest BCUT2D eigenvalue weighted by Gasteiger charge is -2.04. The van der Waals surface area contributed by atoms with Gasteiger partial charge < -0.3 is 0 Å². The molecule has 0 unspecified atom stereocenters. The molecule has 0 radical (unpaired) electrons. The fraction of sp³-hybridized carbons (Fsp3) is 0.118. The number of halogens is 3. The van der Waals surface area contributed by atoms with E-state index in [2.05, 4.69) is 4.98 Å². The average molecular weight is 319 g/mol. The average Bonchev–Trinajstić information content (AvgIpc) is 2.89. The van der Waals surface area contributed by atoms with Crippen LogP contribution in [0.1, 0.15) is 16.1 Å². The van der Waals surface area contributed by atoms with Crippen molar-refractivity contribution in [2.45, 2.75) is 12.6 Å².